The molecular weight excluding hydrogens is 349 g/mol. The maximum atomic E-state index is 13.4. The van der Waals surface area contributed by atoms with E-state index in [-0.39, 0.29) is 5.82 Å². The minimum absolute atomic E-state index is 0.261. The van der Waals surface area contributed by atoms with E-state index in [0.29, 0.717) is 11.8 Å². The van der Waals surface area contributed by atoms with E-state index >= 15 is 0 Å². The first-order chi connectivity index (χ1) is 12.7. The molecule has 7 heteroatoms. The Bertz CT molecular complexity index is 920. The van der Waals surface area contributed by atoms with Crippen LogP contribution in [0.3, 0.4) is 0 Å². The monoisotopic (exact) mass is 367 g/mol. The van der Waals surface area contributed by atoms with E-state index in [0.717, 1.165) is 35.0 Å². The third-order valence-corrected chi connectivity index (χ3v) is 4.90. The summed E-state index contributed by atoms with van der Waals surface area (Å²) in [4.78, 5) is 18.1. The summed E-state index contributed by atoms with van der Waals surface area (Å²) < 4.78 is 13.4. The highest BCUT2D eigenvalue weighted by Gasteiger charge is 2.42. The fourth-order valence-electron chi connectivity index (χ4n) is 2.99. The molecule has 0 unspecified atom stereocenters. The van der Waals surface area contributed by atoms with Crippen molar-refractivity contribution >= 4 is 29.0 Å². The highest BCUT2D eigenvalue weighted by molar-refractivity contribution is 7.98. The first-order valence-electron chi connectivity index (χ1n) is 8.35. The van der Waals surface area contributed by atoms with Gasteiger partial charge in [0.15, 0.2) is 5.16 Å². The van der Waals surface area contributed by atoms with Crippen LogP contribution in [0.5, 0.6) is 0 Å². The van der Waals surface area contributed by atoms with Crippen molar-refractivity contribution in [3.63, 3.8) is 0 Å². The van der Waals surface area contributed by atoms with Crippen LogP contribution in [0.1, 0.15) is 18.2 Å². The molecule has 2 aromatic rings. The summed E-state index contributed by atoms with van der Waals surface area (Å²) in [7, 11) is 0. The first kappa shape index (κ1) is 16.9. The lowest BCUT2D eigenvalue weighted by Gasteiger charge is -2.22. The van der Waals surface area contributed by atoms with Gasteiger partial charge in [0.1, 0.15) is 17.2 Å². The maximum absolute atomic E-state index is 13.4. The first-order valence-corrected chi connectivity index (χ1v) is 9.58. The summed E-state index contributed by atoms with van der Waals surface area (Å²) in [5.41, 5.74) is 3.40. The van der Waals surface area contributed by atoms with Crippen LogP contribution >= 0.6 is 11.8 Å². The van der Waals surface area contributed by atoms with Crippen LogP contribution in [0.4, 0.5) is 4.39 Å². The van der Waals surface area contributed by atoms with E-state index in [1.165, 1.54) is 23.9 Å². The Morgan fingerprint density at radius 2 is 2.04 bits per heavy atom. The molecular formula is C19H18FN5S+. The van der Waals surface area contributed by atoms with Gasteiger partial charge >= 0.3 is 0 Å². The fourth-order valence-corrected chi connectivity index (χ4v) is 3.34. The second-order valence-corrected chi connectivity index (χ2v) is 6.67. The molecule has 0 fully saturated rings. The van der Waals surface area contributed by atoms with E-state index in [9.17, 15) is 4.39 Å². The quantitative estimate of drug-likeness (QED) is 0.471. The van der Waals surface area contributed by atoms with Gasteiger partial charge in [0.25, 0.3) is 5.84 Å². The Balaban J connectivity index is 1.86. The van der Waals surface area contributed by atoms with Crippen LogP contribution < -0.4 is 4.90 Å². The molecule has 1 aromatic heterocycles. The summed E-state index contributed by atoms with van der Waals surface area (Å²) >= 11 is 1.50. The Morgan fingerprint density at radius 1 is 1.23 bits per heavy atom. The van der Waals surface area contributed by atoms with E-state index in [2.05, 4.69) is 26.7 Å². The predicted octanol–water partition coefficient (Wildman–Crippen LogP) is 3.52. The minimum Gasteiger partial charge on any atom is -0.327 e. The van der Waals surface area contributed by atoms with Gasteiger partial charge in [0, 0.05) is 30.6 Å². The minimum atomic E-state index is -0.261. The zero-order valence-corrected chi connectivity index (χ0v) is 15.4. The lowest BCUT2D eigenvalue weighted by molar-refractivity contribution is 0.350. The van der Waals surface area contributed by atoms with Crippen LogP contribution in [0.15, 0.2) is 59.0 Å². The van der Waals surface area contributed by atoms with Crippen LogP contribution in [0, 0.1) is 5.82 Å². The third-order valence-electron chi connectivity index (χ3n) is 4.34. The molecule has 0 atom stereocenters. The number of hydrogen-bond donors (Lipinski definition) is 0. The lowest BCUT2D eigenvalue weighted by Crippen LogP contribution is -2.43. The molecule has 0 saturated heterocycles. The molecule has 0 spiro atoms. The molecule has 1 aromatic carbocycles. The second kappa shape index (κ2) is 7.01. The number of halogens is 1. The van der Waals surface area contributed by atoms with Crippen LogP contribution in [-0.4, -0.2) is 40.2 Å². The van der Waals surface area contributed by atoms with Crippen LogP contribution in [0.25, 0.3) is 11.4 Å². The Labute approximate surface area is 156 Å². The highest BCUT2D eigenvalue weighted by Crippen LogP contribution is 2.35. The summed E-state index contributed by atoms with van der Waals surface area (Å²) in [6.07, 6.45) is 7.76. The smallest absolute Gasteiger partial charge is 0.286 e. The Hall–Kier alpha value is -2.51. The molecule has 2 aliphatic heterocycles. The zero-order valence-electron chi connectivity index (χ0n) is 14.6. The Kier molecular flexibility index (Phi) is 4.57. The van der Waals surface area contributed by atoms with Crippen molar-refractivity contribution < 1.29 is 4.39 Å². The van der Waals surface area contributed by atoms with Crippen molar-refractivity contribution in [3.8, 4) is 0 Å². The van der Waals surface area contributed by atoms with Crippen molar-refractivity contribution in [3.05, 3.63) is 65.9 Å². The number of benzene rings is 1. The molecule has 4 rings (SSSR count). The van der Waals surface area contributed by atoms with Crippen LogP contribution in [0.2, 0.25) is 0 Å². The number of aromatic nitrogens is 2. The average Bonchev–Trinajstić information content (AvgIpc) is 3.07. The highest BCUT2D eigenvalue weighted by atomic mass is 32.2. The lowest BCUT2D eigenvalue weighted by atomic mass is 10.1. The molecule has 0 N–H and O–H groups in total. The number of rotatable bonds is 4. The van der Waals surface area contributed by atoms with Gasteiger partial charge in [0.05, 0.1) is 0 Å². The third kappa shape index (κ3) is 3.04. The standard InChI is InChI=1S/C19H18FN5S/c1-3-24-11-9-16-23-17(13-4-6-14(20)7-5-13)18(25(16)12-24)15-8-10-21-19(22-15)26-2/h4-11H,3,12H2,1-2H3/q+1. The molecule has 131 valence electrons. The molecule has 0 saturated carbocycles. The number of nitrogens with zero attached hydrogens (tertiary/aromatic N) is 5. The van der Waals surface area contributed by atoms with Crippen molar-refractivity contribution in [1.29, 1.82) is 0 Å². The van der Waals surface area contributed by atoms with Crippen LogP contribution in [-0.2, 0) is 0 Å². The van der Waals surface area contributed by atoms with Gasteiger partial charge in [-0.1, -0.05) is 16.7 Å². The Morgan fingerprint density at radius 3 is 2.77 bits per heavy atom. The van der Waals surface area contributed by atoms with Gasteiger partial charge in [-0.25, -0.2) is 14.4 Å². The summed E-state index contributed by atoms with van der Waals surface area (Å²) in [5.74, 6) is 0.608. The van der Waals surface area contributed by atoms with Crippen molar-refractivity contribution in [2.75, 3.05) is 19.5 Å². The fraction of sp³-hybridized carbons (Fsp3) is 0.211. The predicted molar refractivity (Wildman–Crippen MR) is 103 cm³/mol. The molecule has 0 bridgehead atoms. The summed E-state index contributed by atoms with van der Waals surface area (Å²) in [5, 5.41) is 0.710. The van der Waals surface area contributed by atoms with Crippen molar-refractivity contribution in [2.45, 2.75) is 12.1 Å². The van der Waals surface area contributed by atoms with Gasteiger partial charge in [-0.05, 0) is 43.5 Å². The SMILES string of the molecule is CCN1C=CC2=NC(c3ccc(F)cc3)=C(c3ccnc(SC)n3)[N+]2C1. The van der Waals surface area contributed by atoms with E-state index in [1.807, 2.05) is 24.6 Å². The average molecular weight is 367 g/mol. The molecule has 5 nitrogen and oxygen atoms in total. The van der Waals surface area contributed by atoms with Gasteiger partial charge in [-0.2, -0.15) is 4.99 Å². The van der Waals surface area contributed by atoms with Gasteiger partial charge in [0.2, 0.25) is 12.4 Å². The zero-order chi connectivity index (χ0) is 18.1. The molecule has 26 heavy (non-hydrogen) atoms. The molecule has 0 amide bonds. The topological polar surface area (TPSA) is 47.3 Å². The molecule has 2 aliphatic rings. The number of amidine groups is 1. The van der Waals surface area contributed by atoms with E-state index < -0.39 is 0 Å². The summed E-state index contributed by atoms with van der Waals surface area (Å²) in [6, 6.07) is 8.32. The number of hydrogen-bond acceptors (Lipinski definition) is 6. The van der Waals surface area contributed by atoms with Crippen molar-refractivity contribution in [1.82, 2.24) is 19.8 Å². The number of aliphatic imine (C=N–C) groups is 1. The normalized spacial score (nSPS) is 16.9. The number of thioether (sulfide) groups is 1. The molecule has 0 aliphatic carbocycles. The summed E-state index contributed by atoms with van der Waals surface area (Å²) in [6.45, 7) is 3.72. The van der Waals surface area contributed by atoms with Gasteiger partial charge in [-0.15, -0.1) is 0 Å². The largest absolute Gasteiger partial charge is 0.327 e. The molecule has 3 heterocycles. The van der Waals surface area contributed by atoms with Gasteiger partial charge in [-0.3, -0.25) is 0 Å². The van der Waals surface area contributed by atoms with E-state index in [1.54, 1.807) is 18.3 Å². The van der Waals surface area contributed by atoms with Crippen molar-refractivity contribution in [2.24, 2.45) is 4.99 Å². The maximum Gasteiger partial charge on any atom is 0.286 e. The van der Waals surface area contributed by atoms with E-state index in [4.69, 9.17) is 4.99 Å². The second-order valence-electron chi connectivity index (χ2n) is 5.89. The molecule has 1 radical (unpaired) electrons. The number of fused-ring (bicyclic) bond motifs is 1. The van der Waals surface area contributed by atoms with Gasteiger partial charge < -0.3 is 4.90 Å².